The third-order valence-corrected chi connectivity index (χ3v) is 6.63. The van der Waals surface area contributed by atoms with Gasteiger partial charge in [0.15, 0.2) is 0 Å². The van der Waals surface area contributed by atoms with Crippen molar-refractivity contribution in [2.75, 3.05) is 43.5 Å². The molecule has 0 atom stereocenters. The molecule has 0 aliphatic heterocycles. The number of carbonyl (C=O) groups is 2. The Bertz CT molecular complexity index is 1010. The number of hydrogen-bond acceptors (Lipinski definition) is 5. The minimum absolute atomic E-state index is 0.189. The Kier molecular flexibility index (Phi) is 9.21. The second-order valence-corrected chi connectivity index (χ2v) is 10.5. The van der Waals surface area contributed by atoms with Crippen molar-refractivity contribution in [1.82, 2.24) is 10.2 Å². The molecule has 2 amide bonds. The van der Waals surface area contributed by atoms with Gasteiger partial charge in [0.25, 0.3) is 5.91 Å². The molecule has 1 N–H and O–H groups in total. The summed E-state index contributed by atoms with van der Waals surface area (Å²) in [5.41, 5.74) is 1.86. The van der Waals surface area contributed by atoms with Crippen LogP contribution in [0.5, 0.6) is 0 Å². The zero-order chi connectivity index (χ0) is 23.0. The molecule has 0 bridgehead atoms. The Morgan fingerprint density at radius 2 is 1.77 bits per heavy atom. The Balaban J connectivity index is 1.89. The standard InChI is InChI=1S/C21H26ClN3O4S2/c1-24(2)21(27)17-7-9-19(10-8-17)25(31(3,28)29)14-20(26)23-11-12-30-15-16-5-4-6-18(22)13-16/h4-10,13H,11-12,14-15H2,1-3H3,(H,23,26). The molecule has 0 heterocycles. The Hall–Kier alpha value is -2.23. The number of hydrogen-bond donors (Lipinski definition) is 1. The van der Waals surface area contributed by atoms with Crippen LogP contribution in [0.15, 0.2) is 48.5 Å². The molecule has 10 heteroatoms. The van der Waals surface area contributed by atoms with Gasteiger partial charge < -0.3 is 10.2 Å². The average Bonchev–Trinajstić information content (AvgIpc) is 2.70. The predicted octanol–water partition coefficient (Wildman–Crippen LogP) is 2.86. The van der Waals surface area contributed by atoms with Crippen LogP contribution in [0.1, 0.15) is 15.9 Å². The van der Waals surface area contributed by atoms with Crippen molar-refractivity contribution in [3.63, 3.8) is 0 Å². The number of sulfonamides is 1. The van der Waals surface area contributed by atoms with Crippen molar-refractivity contribution in [3.05, 3.63) is 64.7 Å². The quantitative estimate of drug-likeness (QED) is 0.525. The van der Waals surface area contributed by atoms with Crippen molar-refractivity contribution in [2.45, 2.75) is 5.75 Å². The number of benzene rings is 2. The normalized spacial score (nSPS) is 11.1. The van der Waals surface area contributed by atoms with E-state index in [-0.39, 0.29) is 12.5 Å². The summed E-state index contributed by atoms with van der Waals surface area (Å²) >= 11 is 7.60. The summed E-state index contributed by atoms with van der Waals surface area (Å²) in [5.74, 6) is 0.857. The molecular formula is C21H26ClN3O4S2. The van der Waals surface area contributed by atoms with Crippen molar-refractivity contribution >= 4 is 50.9 Å². The second-order valence-electron chi connectivity index (χ2n) is 7.05. The van der Waals surface area contributed by atoms with Crippen molar-refractivity contribution in [1.29, 1.82) is 0 Å². The van der Waals surface area contributed by atoms with E-state index >= 15 is 0 Å². The highest BCUT2D eigenvalue weighted by molar-refractivity contribution is 7.98. The molecule has 0 fully saturated rings. The Morgan fingerprint density at radius 1 is 1.10 bits per heavy atom. The van der Waals surface area contributed by atoms with Gasteiger partial charge in [-0.3, -0.25) is 13.9 Å². The van der Waals surface area contributed by atoms with Crippen molar-refractivity contribution in [3.8, 4) is 0 Å². The molecule has 7 nitrogen and oxygen atoms in total. The molecule has 0 spiro atoms. The molecule has 0 saturated heterocycles. The van der Waals surface area contributed by atoms with Crippen LogP contribution in [0.3, 0.4) is 0 Å². The topological polar surface area (TPSA) is 86.8 Å². The highest BCUT2D eigenvalue weighted by Gasteiger charge is 2.21. The van der Waals surface area contributed by atoms with Gasteiger partial charge in [0, 0.05) is 42.7 Å². The number of thioether (sulfide) groups is 1. The highest BCUT2D eigenvalue weighted by Crippen LogP contribution is 2.19. The van der Waals surface area contributed by atoms with E-state index in [0.717, 1.165) is 21.9 Å². The molecule has 0 aromatic heterocycles. The predicted molar refractivity (Wildman–Crippen MR) is 127 cm³/mol. The van der Waals surface area contributed by atoms with E-state index in [2.05, 4.69) is 5.32 Å². The SMILES string of the molecule is CN(C)C(=O)c1ccc(N(CC(=O)NCCSCc2cccc(Cl)c2)S(C)(=O)=O)cc1. The van der Waals surface area contributed by atoms with Crippen LogP contribution in [0.2, 0.25) is 5.02 Å². The minimum Gasteiger partial charge on any atom is -0.354 e. The van der Waals surface area contributed by atoms with E-state index < -0.39 is 15.9 Å². The monoisotopic (exact) mass is 483 g/mol. The molecule has 0 unspecified atom stereocenters. The molecule has 0 aliphatic carbocycles. The van der Waals surface area contributed by atoms with Gasteiger partial charge in [0.05, 0.1) is 11.9 Å². The molecule has 0 radical (unpaired) electrons. The average molecular weight is 484 g/mol. The van der Waals surface area contributed by atoms with Gasteiger partial charge >= 0.3 is 0 Å². The number of rotatable bonds is 10. The Morgan fingerprint density at radius 3 is 2.35 bits per heavy atom. The highest BCUT2D eigenvalue weighted by atomic mass is 35.5. The van der Waals surface area contributed by atoms with Crippen LogP contribution in [-0.2, 0) is 20.6 Å². The van der Waals surface area contributed by atoms with Gasteiger partial charge in [-0.1, -0.05) is 23.7 Å². The first-order valence-corrected chi connectivity index (χ1v) is 12.8. The Labute approximate surface area is 192 Å². The van der Waals surface area contributed by atoms with E-state index in [0.29, 0.717) is 28.6 Å². The third-order valence-electron chi connectivity index (χ3n) is 4.22. The zero-order valence-corrected chi connectivity index (χ0v) is 20.1. The van der Waals surface area contributed by atoms with Crippen LogP contribution >= 0.6 is 23.4 Å². The van der Waals surface area contributed by atoms with E-state index in [1.54, 1.807) is 38.0 Å². The number of anilines is 1. The fraction of sp³-hybridized carbons (Fsp3) is 0.333. The van der Waals surface area contributed by atoms with Gasteiger partial charge in [-0.05, 0) is 42.0 Å². The molecule has 2 aromatic rings. The third kappa shape index (κ3) is 8.08. The molecule has 0 saturated carbocycles. The van der Waals surface area contributed by atoms with Crippen LogP contribution in [-0.4, -0.2) is 64.3 Å². The summed E-state index contributed by atoms with van der Waals surface area (Å²) in [7, 11) is -0.407. The fourth-order valence-corrected chi connectivity index (χ4v) is 4.57. The molecule has 2 rings (SSSR count). The summed E-state index contributed by atoms with van der Waals surface area (Å²) < 4.78 is 25.4. The largest absolute Gasteiger partial charge is 0.354 e. The number of halogens is 1. The molecule has 0 aliphatic rings. The fourth-order valence-electron chi connectivity index (χ4n) is 2.69. The lowest BCUT2D eigenvalue weighted by molar-refractivity contribution is -0.119. The first-order chi connectivity index (χ1) is 14.6. The maximum atomic E-state index is 12.3. The lowest BCUT2D eigenvalue weighted by Gasteiger charge is -2.22. The molecular weight excluding hydrogens is 458 g/mol. The van der Waals surface area contributed by atoms with Gasteiger partial charge in [-0.15, -0.1) is 0 Å². The maximum absolute atomic E-state index is 12.3. The van der Waals surface area contributed by atoms with Gasteiger partial charge in [0.1, 0.15) is 6.54 Å². The number of nitrogens with zero attached hydrogens (tertiary/aromatic N) is 2. The summed E-state index contributed by atoms with van der Waals surface area (Å²) in [4.78, 5) is 25.7. The second kappa shape index (κ2) is 11.4. The van der Waals surface area contributed by atoms with Crippen LogP contribution in [0.25, 0.3) is 0 Å². The first-order valence-electron chi connectivity index (χ1n) is 9.46. The molecule has 168 valence electrons. The summed E-state index contributed by atoms with van der Waals surface area (Å²) in [6.45, 7) is 0.0801. The lowest BCUT2D eigenvalue weighted by atomic mass is 10.2. The lowest BCUT2D eigenvalue weighted by Crippen LogP contribution is -2.41. The minimum atomic E-state index is -3.68. The van der Waals surface area contributed by atoms with E-state index in [4.69, 9.17) is 11.6 Å². The number of nitrogens with one attached hydrogen (secondary N) is 1. The van der Waals surface area contributed by atoms with Crippen LogP contribution < -0.4 is 9.62 Å². The molecule has 2 aromatic carbocycles. The summed E-state index contributed by atoms with van der Waals surface area (Å²) in [6.07, 6.45) is 1.04. The van der Waals surface area contributed by atoms with Crippen molar-refractivity contribution in [2.24, 2.45) is 0 Å². The summed E-state index contributed by atoms with van der Waals surface area (Å²) in [6, 6.07) is 13.7. The van der Waals surface area contributed by atoms with Gasteiger partial charge in [-0.2, -0.15) is 11.8 Å². The smallest absolute Gasteiger partial charge is 0.253 e. The van der Waals surface area contributed by atoms with Crippen LogP contribution in [0, 0.1) is 0 Å². The zero-order valence-electron chi connectivity index (χ0n) is 17.7. The first kappa shape index (κ1) is 25.0. The van der Waals surface area contributed by atoms with Gasteiger partial charge in [0.2, 0.25) is 15.9 Å². The van der Waals surface area contributed by atoms with E-state index in [1.807, 2.05) is 24.3 Å². The number of amides is 2. The maximum Gasteiger partial charge on any atom is 0.253 e. The van der Waals surface area contributed by atoms with Crippen molar-refractivity contribution < 1.29 is 18.0 Å². The summed E-state index contributed by atoms with van der Waals surface area (Å²) in [5, 5.41) is 3.43. The van der Waals surface area contributed by atoms with Crippen LogP contribution in [0.4, 0.5) is 5.69 Å². The number of carbonyl (C=O) groups excluding carboxylic acids is 2. The van der Waals surface area contributed by atoms with E-state index in [1.165, 1.54) is 17.0 Å². The van der Waals surface area contributed by atoms with Gasteiger partial charge in [-0.25, -0.2) is 8.42 Å². The molecule has 31 heavy (non-hydrogen) atoms. The van der Waals surface area contributed by atoms with E-state index in [9.17, 15) is 18.0 Å².